The molecule has 7 heteroatoms. The van der Waals surface area contributed by atoms with E-state index in [0.29, 0.717) is 12.5 Å². The summed E-state index contributed by atoms with van der Waals surface area (Å²) >= 11 is 1.76. The van der Waals surface area contributed by atoms with Crippen LogP contribution in [0.3, 0.4) is 0 Å². The molecule has 3 N–H and O–H groups in total. The molecule has 138 valence electrons. The summed E-state index contributed by atoms with van der Waals surface area (Å²) < 4.78 is 2.13. The lowest BCUT2D eigenvalue weighted by Gasteiger charge is -2.08. The van der Waals surface area contributed by atoms with Crippen LogP contribution in [0.4, 0.5) is 0 Å². The van der Waals surface area contributed by atoms with Gasteiger partial charge in [-0.05, 0) is 29.9 Å². The zero-order chi connectivity index (χ0) is 17.3. The number of benzene rings is 1. The fourth-order valence-electron chi connectivity index (χ4n) is 2.57. The highest BCUT2D eigenvalue weighted by Gasteiger charge is 2.03. The molecule has 0 amide bonds. The first-order valence-corrected chi connectivity index (χ1v) is 9.29. The Hall–Kier alpha value is -1.87. The van der Waals surface area contributed by atoms with Crippen LogP contribution < -0.4 is 11.1 Å². The zero-order valence-electron chi connectivity index (χ0n) is 14.5. The van der Waals surface area contributed by atoms with Gasteiger partial charge in [0.1, 0.15) is 12.4 Å². The van der Waals surface area contributed by atoms with Crippen molar-refractivity contribution >= 4 is 41.3 Å². The van der Waals surface area contributed by atoms with Gasteiger partial charge in [-0.1, -0.05) is 36.4 Å². The van der Waals surface area contributed by atoms with Crippen LogP contribution in [0, 0.1) is 0 Å². The zero-order valence-corrected chi connectivity index (χ0v) is 17.7. The molecule has 0 saturated carbocycles. The van der Waals surface area contributed by atoms with E-state index in [-0.39, 0.29) is 24.0 Å². The predicted molar refractivity (Wildman–Crippen MR) is 119 cm³/mol. The number of hydrogen-bond acceptors (Lipinski definition) is 3. The van der Waals surface area contributed by atoms with Gasteiger partial charge in [-0.25, -0.2) is 9.98 Å². The number of halogens is 1. The quantitative estimate of drug-likeness (QED) is 0.294. The largest absolute Gasteiger partial charge is 0.370 e. The van der Waals surface area contributed by atoms with Gasteiger partial charge in [0.05, 0.1) is 0 Å². The Kier molecular flexibility index (Phi) is 8.63. The summed E-state index contributed by atoms with van der Waals surface area (Å²) in [6.45, 7) is 2.17. The highest BCUT2D eigenvalue weighted by Crippen LogP contribution is 2.08. The molecule has 0 aliphatic rings. The van der Waals surface area contributed by atoms with Crippen molar-refractivity contribution in [3.63, 3.8) is 0 Å². The minimum absolute atomic E-state index is 0. The molecule has 1 aromatic carbocycles. The molecule has 0 spiro atoms. The molecule has 0 bridgehead atoms. The van der Waals surface area contributed by atoms with Gasteiger partial charge < -0.3 is 15.6 Å². The number of aryl methyl sites for hydroxylation is 2. The first kappa shape index (κ1) is 20.4. The van der Waals surface area contributed by atoms with E-state index in [9.17, 15) is 0 Å². The molecule has 0 atom stereocenters. The number of nitrogens with two attached hydrogens (primary N) is 1. The van der Waals surface area contributed by atoms with Gasteiger partial charge in [-0.2, -0.15) is 0 Å². The summed E-state index contributed by atoms with van der Waals surface area (Å²) in [5.41, 5.74) is 7.27. The smallest absolute Gasteiger partial charge is 0.189 e. The molecular formula is C19H24IN5S. The molecule has 2 aromatic heterocycles. The third kappa shape index (κ3) is 6.45. The molecule has 3 aromatic rings. The number of nitrogens with zero attached hydrogens (tertiary/aromatic N) is 3. The lowest BCUT2D eigenvalue weighted by molar-refractivity contribution is 0.651. The van der Waals surface area contributed by atoms with E-state index in [1.807, 2.05) is 18.5 Å². The number of guanidine groups is 1. The molecule has 5 nitrogen and oxygen atoms in total. The van der Waals surface area contributed by atoms with Gasteiger partial charge in [-0.3, -0.25) is 0 Å². The predicted octanol–water partition coefficient (Wildman–Crippen LogP) is 3.45. The summed E-state index contributed by atoms with van der Waals surface area (Å²) in [4.78, 5) is 10.1. The third-order valence-electron chi connectivity index (χ3n) is 3.93. The Morgan fingerprint density at radius 2 is 2.00 bits per heavy atom. The van der Waals surface area contributed by atoms with E-state index in [2.05, 4.69) is 61.6 Å². The third-order valence-corrected chi connectivity index (χ3v) is 4.87. The van der Waals surface area contributed by atoms with Gasteiger partial charge in [0.25, 0.3) is 0 Å². The van der Waals surface area contributed by atoms with Crippen molar-refractivity contribution in [1.29, 1.82) is 0 Å². The summed E-state index contributed by atoms with van der Waals surface area (Å²) in [6.07, 6.45) is 5.74. The summed E-state index contributed by atoms with van der Waals surface area (Å²) in [7, 11) is 0. The van der Waals surface area contributed by atoms with Gasteiger partial charge in [0.15, 0.2) is 5.96 Å². The second kappa shape index (κ2) is 11.0. The van der Waals surface area contributed by atoms with Crippen LogP contribution in [-0.4, -0.2) is 22.1 Å². The standard InChI is InChI=1S/C19H23N5S.HI/c20-19(22-10-8-17-7-4-14-25-17)23-15-18-21-11-13-24(18)12-9-16-5-2-1-3-6-16;/h1-7,11,13-14H,8-10,12,15H2,(H3,20,22,23);1H. The normalized spacial score (nSPS) is 11.2. The molecule has 0 radical (unpaired) electrons. The average Bonchev–Trinajstić information content (AvgIpc) is 3.31. The molecule has 0 unspecified atom stereocenters. The average molecular weight is 481 g/mol. The van der Waals surface area contributed by atoms with E-state index in [1.165, 1.54) is 10.4 Å². The fourth-order valence-corrected chi connectivity index (χ4v) is 3.28. The number of rotatable bonds is 8. The van der Waals surface area contributed by atoms with Crippen LogP contribution in [0.1, 0.15) is 16.3 Å². The first-order valence-electron chi connectivity index (χ1n) is 8.41. The molecule has 2 heterocycles. The van der Waals surface area contributed by atoms with Crippen LogP contribution in [-0.2, 0) is 25.9 Å². The lowest BCUT2D eigenvalue weighted by atomic mass is 10.1. The number of thiophene rings is 1. The molecule has 26 heavy (non-hydrogen) atoms. The maximum Gasteiger partial charge on any atom is 0.189 e. The van der Waals surface area contributed by atoms with E-state index in [1.54, 1.807) is 11.3 Å². The number of imidazole rings is 1. The first-order chi connectivity index (χ1) is 12.3. The van der Waals surface area contributed by atoms with Crippen molar-refractivity contribution in [2.75, 3.05) is 6.54 Å². The SMILES string of the molecule is I.NC(=NCc1nccn1CCc1ccccc1)NCCc1cccs1. The summed E-state index contributed by atoms with van der Waals surface area (Å²) in [6, 6.07) is 14.6. The maximum absolute atomic E-state index is 5.95. The molecule has 0 saturated heterocycles. The van der Waals surface area contributed by atoms with Gasteiger partial charge in [-0.15, -0.1) is 35.3 Å². The number of nitrogens with one attached hydrogen (secondary N) is 1. The van der Waals surface area contributed by atoms with E-state index in [0.717, 1.165) is 31.8 Å². The van der Waals surface area contributed by atoms with Crippen LogP contribution in [0.5, 0.6) is 0 Å². The molecule has 0 fully saturated rings. The number of aliphatic imine (C=N–C) groups is 1. The molecule has 0 aliphatic carbocycles. The van der Waals surface area contributed by atoms with Crippen molar-refractivity contribution in [2.24, 2.45) is 10.7 Å². The molecule has 0 aliphatic heterocycles. The van der Waals surface area contributed by atoms with Gasteiger partial charge in [0, 0.05) is 30.4 Å². The van der Waals surface area contributed by atoms with Crippen molar-refractivity contribution in [2.45, 2.75) is 25.9 Å². The van der Waals surface area contributed by atoms with Crippen LogP contribution in [0.25, 0.3) is 0 Å². The number of aromatic nitrogens is 2. The minimum Gasteiger partial charge on any atom is -0.370 e. The highest BCUT2D eigenvalue weighted by atomic mass is 127. The van der Waals surface area contributed by atoms with E-state index in [4.69, 9.17) is 5.73 Å². The summed E-state index contributed by atoms with van der Waals surface area (Å²) in [5.74, 6) is 1.40. The topological polar surface area (TPSA) is 68.2 Å². The lowest BCUT2D eigenvalue weighted by Crippen LogP contribution is -2.33. The second-order valence-corrected chi connectivity index (χ2v) is 6.76. The monoisotopic (exact) mass is 481 g/mol. The van der Waals surface area contributed by atoms with Crippen molar-refractivity contribution in [1.82, 2.24) is 14.9 Å². The Morgan fingerprint density at radius 1 is 1.15 bits per heavy atom. The fraction of sp³-hybridized carbons (Fsp3) is 0.263. The maximum atomic E-state index is 5.95. The van der Waals surface area contributed by atoms with E-state index < -0.39 is 0 Å². The number of hydrogen-bond donors (Lipinski definition) is 2. The van der Waals surface area contributed by atoms with Crippen molar-refractivity contribution in [3.8, 4) is 0 Å². The Bertz CT molecular complexity index is 783. The molecular weight excluding hydrogens is 457 g/mol. The van der Waals surface area contributed by atoms with Gasteiger partial charge in [0.2, 0.25) is 0 Å². The Labute approximate surface area is 175 Å². The molecule has 3 rings (SSSR count). The highest BCUT2D eigenvalue weighted by molar-refractivity contribution is 14.0. The van der Waals surface area contributed by atoms with Crippen LogP contribution in [0.2, 0.25) is 0 Å². The Morgan fingerprint density at radius 3 is 2.77 bits per heavy atom. The second-order valence-electron chi connectivity index (χ2n) is 5.73. The summed E-state index contributed by atoms with van der Waals surface area (Å²) in [5, 5.41) is 5.24. The van der Waals surface area contributed by atoms with Crippen LogP contribution >= 0.6 is 35.3 Å². The minimum atomic E-state index is 0. The van der Waals surface area contributed by atoms with Crippen molar-refractivity contribution < 1.29 is 0 Å². The Balaban J connectivity index is 0.00000243. The van der Waals surface area contributed by atoms with Crippen molar-refractivity contribution in [3.05, 3.63) is 76.5 Å². The van der Waals surface area contributed by atoms with Crippen LogP contribution in [0.15, 0.2) is 65.2 Å². The van der Waals surface area contributed by atoms with Gasteiger partial charge >= 0.3 is 0 Å². The van der Waals surface area contributed by atoms with E-state index >= 15 is 0 Å².